The molecule has 0 nitrogen and oxygen atoms in total. The molecular weight excluding hydrogens is 416 g/mol. The molecule has 140 valence electrons. The quantitative estimate of drug-likeness (QED) is 0.164. The molecule has 0 aliphatic heterocycles. The number of halogens is 1. The van der Waals surface area contributed by atoms with Gasteiger partial charge in [-0.15, -0.1) is 0 Å². The normalized spacial score (nSPS) is 12.8. The van der Waals surface area contributed by atoms with Gasteiger partial charge in [-0.3, -0.25) is 0 Å². The fraction of sp³-hybridized carbons (Fsp3) is 0.143. The highest BCUT2D eigenvalue weighted by Crippen LogP contribution is 2.47. The number of fused-ring (bicyclic) bond motifs is 4. The third-order valence-corrected chi connectivity index (χ3v) is 6.94. The van der Waals surface area contributed by atoms with Gasteiger partial charge in [0.25, 0.3) is 0 Å². The molecule has 0 atom stereocenters. The van der Waals surface area contributed by atoms with E-state index in [4.69, 9.17) is 0 Å². The van der Waals surface area contributed by atoms with Crippen LogP contribution in [0.5, 0.6) is 0 Å². The van der Waals surface area contributed by atoms with E-state index < -0.39 is 0 Å². The molecule has 0 fully saturated rings. The van der Waals surface area contributed by atoms with Crippen LogP contribution in [0.2, 0.25) is 0 Å². The van der Waals surface area contributed by atoms with Crippen molar-refractivity contribution in [3.63, 3.8) is 0 Å². The van der Waals surface area contributed by atoms with Gasteiger partial charge in [0.15, 0.2) is 0 Å². The Hall–Kier alpha value is -2.64. The van der Waals surface area contributed by atoms with Crippen LogP contribution in [0.4, 0.5) is 0 Å². The van der Waals surface area contributed by atoms with Crippen molar-refractivity contribution in [1.82, 2.24) is 0 Å². The van der Waals surface area contributed by atoms with Crippen molar-refractivity contribution in [2.75, 3.05) is 0 Å². The molecule has 0 saturated heterocycles. The molecule has 0 N–H and O–H groups in total. The van der Waals surface area contributed by atoms with Gasteiger partial charge < -0.3 is 0 Å². The highest BCUT2D eigenvalue weighted by atomic mass is 79.9. The molecule has 0 bridgehead atoms. The van der Waals surface area contributed by atoms with Crippen LogP contribution in [0, 0.1) is 0 Å². The lowest BCUT2D eigenvalue weighted by atomic mass is 9.80. The number of hydrogen-bond donors (Lipinski definition) is 0. The van der Waals surface area contributed by atoms with Crippen LogP contribution in [0.3, 0.4) is 0 Å². The van der Waals surface area contributed by atoms with E-state index in [2.05, 4.69) is 109 Å². The minimum atomic E-state index is 0.0566. The Morgan fingerprint density at radius 1 is 0.552 bits per heavy atom. The van der Waals surface area contributed by atoms with Crippen LogP contribution >= 0.6 is 15.9 Å². The van der Waals surface area contributed by atoms with E-state index in [0.717, 1.165) is 0 Å². The van der Waals surface area contributed by atoms with Crippen LogP contribution in [-0.4, -0.2) is 0 Å². The van der Waals surface area contributed by atoms with E-state index in [1.165, 1.54) is 63.9 Å². The Kier molecular flexibility index (Phi) is 3.39. The molecule has 0 heterocycles. The molecule has 6 aromatic carbocycles. The van der Waals surface area contributed by atoms with Crippen molar-refractivity contribution in [3.8, 4) is 0 Å². The first-order valence-electron chi connectivity index (χ1n) is 10.2. The van der Waals surface area contributed by atoms with E-state index in [1.54, 1.807) is 0 Å². The lowest BCUT2D eigenvalue weighted by Crippen LogP contribution is -2.13. The van der Waals surface area contributed by atoms with Crippen LogP contribution in [0.25, 0.3) is 53.9 Å². The summed E-state index contributed by atoms with van der Waals surface area (Å²) in [7, 11) is 0. The summed E-state index contributed by atoms with van der Waals surface area (Å²) in [5.41, 5.74) is 1.44. The molecule has 0 spiro atoms. The van der Waals surface area contributed by atoms with Gasteiger partial charge in [0.2, 0.25) is 0 Å². The molecular formula is C28H21Br. The maximum atomic E-state index is 3.92. The molecule has 0 amide bonds. The molecule has 1 heteroatoms. The predicted molar refractivity (Wildman–Crippen MR) is 132 cm³/mol. The second kappa shape index (κ2) is 5.70. The molecule has 0 radical (unpaired) electrons. The predicted octanol–water partition coefficient (Wildman–Crippen LogP) is 8.95. The van der Waals surface area contributed by atoms with Crippen molar-refractivity contribution in [1.29, 1.82) is 0 Å². The van der Waals surface area contributed by atoms with Gasteiger partial charge in [-0.2, -0.15) is 0 Å². The van der Waals surface area contributed by atoms with Gasteiger partial charge >= 0.3 is 0 Å². The van der Waals surface area contributed by atoms with E-state index in [0.29, 0.717) is 0 Å². The average molecular weight is 437 g/mol. The van der Waals surface area contributed by atoms with E-state index in [1.807, 2.05) is 0 Å². The van der Waals surface area contributed by atoms with Crippen LogP contribution in [-0.2, 0) is 5.41 Å². The van der Waals surface area contributed by atoms with Crippen molar-refractivity contribution in [2.24, 2.45) is 0 Å². The summed E-state index contributed by atoms with van der Waals surface area (Å²) in [5, 5.41) is 13.5. The highest BCUT2D eigenvalue weighted by molar-refractivity contribution is 9.10. The minimum absolute atomic E-state index is 0.0566. The third-order valence-electron chi connectivity index (χ3n) is 6.31. The summed E-state index contributed by atoms with van der Waals surface area (Å²) in [4.78, 5) is 0. The van der Waals surface area contributed by atoms with Crippen LogP contribution in [0.15, 0.2) is 77.3 Å². The van der Waals surface area contributed by atoms with E-state index >= 15 is 0 Å². The summed E-state index contributed by atoms with van der Waals surface area (Å²) < 4.78 is 1.20. The Labute approximate surface area is 178 Å². The van der Waals surface area contributed by atoms with E-state index in [-0.39, 0.29) is 5.41 Å². The maximum Gasteiger partial charge on any atom is 0.0225 e. The smallest absolute Gasteiger partial charge is 0.0225 e. The number of rotatable bonds is 0. The van der Waals surface area contributed by atoms with Gasteiger partial charge in [-0.1, -0.05) is 97.4 Å². The first-order valence-corrected chi connectivity index (χ1v) is 11.0. The van der Waals surface area contributed by atoms with Crippen molar-refractivity contribution >= 4 is 69.8 Å². The van der Waals surface area contributed by atoms with Crippen molar-refractivity contribution in [2.45, 2.75) is 26.2 Å². The van der Waals surface area contributed by atoms with Gasteiger partial charge in [0.1, 0.15) is 0 Å². The standard InChI is InChI=1S/C28H21Br/c1-28(2,3)27-21-13-7-12-20-25(21)22(15-23(27)29)19-11-6-9-17-14-16-8-4-5-10-18(16)26(20)24(17)19/h4-15H,1-3H3. The Morgan fingerprint density at radius 3 is 2.03 bits per heavy atom. The Morgan fingerprint density at radius 2 is 1.21 bits per heavy atom. The minimum Gasteiger partial charge on any atom is -0.0616 e. The molecule has 0 aliphatic carbocycles. The molecule has 29 heavy (non-hydrogen) atoms. The number of hydrogen-bond acceptors (Lipinski definition) is 0. The molecule has 0 saturated carbocycles. The first-order chi connectivity index (χ1) is 13.9. The van der Waals surface area contributed by atoms with Gasteiger partial charge in [-0.05, 0) is 77.0 Å². The summed E-state index contributed by atoms with van der Waals surface area (Å²) in [5.74, 6) is 0. The summed E-state index contributed by atoms with van der Waals surface area (Å²) in [6.07, 6.45) is 0. The second-order valence-corrected chi connectivity index (χ2v) is 9.99. The lowest BCUT2D eigenvalue weighted by molar-refractivity contribution is 0.593. The van der Waals surface area contributed by atoms with E-state index in [9.17, 15) is 0 Å². The van der Waals surface area contributed by atoms with Gasteiger partial charge in [-0.25, -0.2) is 0 Å². The average Bonchev–Trinajstić information content (AvgIpc) is 2.69. The number of benzene rings is 6. The van der Waals surface area contributed by atoms with Crippen molar-refractivity contribution < 1.29 is 0 Å². The second-order valence-electron chi connectivity index (χ2n) is 9.14. The maximum absolute atomic E-state index is 3.92. The molecule has 0 unspecified atom stereocenters. The molecule has 6 rings (SSSR count). The largest absolute Gasteiger partial charge is 0.0616 e. The molecule has 0 aliphatic rings. The lowest BCUT2D eigenvalue weighted by Gasteiger charge is -2.25. The Balaban J connectivity index is 2.04. The van der Waals surface area contributed by atoms with Gasteiger partial charge in [0.05, 0.1) is 0 Å². The fourth-order valence-corrected chi connectivity index (χ4v) is 6.30. The van der Waals surface area contributed by atoms with Crippen LogP contribution < -0.4 is 0 Å². The molecule has 0 aromatic heterocycles. The third kappa shape index (κ3) is 2.25. The zero-order valence-electron chi connectivity index (χ0n) is 16.8. The SMILES string of the molecule is CC(C)(C)c1c(Br)cc2c3cccc4cc5ccccc5c(c5cccc1c25)c43. The fourth-order valence-electron chi connectivity index (χ4n) is 5.26. The summed E-state index contributed by atoms with van der Waals surface area (Å²) >= 11 is 3.92. The zero-order valence-corrected chi connectivity index (χ0v) is 18.4. The van der Waals surface area contributed by atoms with Crippen molar-refractivity contribution in [3.05, 3.63) is 82.8 Å². The first kappa shape index (κ1) is 17.2. The Bertz CT molecular complexity index is 1580. The highest BCUT2D eigenvalue weighted by Gasteiger charge is 2.24. The summed E-state index contributed by atoms with van der Waals surface area (Å²) in [6, 6.07) is 27.0. The molecule has 6 aromatic rings. The topological polar surface area (TPSA) is 0 Å². The van der Waals surface area contributed by atoms with Gasteiger partial charge in [0, 0.05) is 4.47 Å². The summed E-state index contributed by atoms with van der Waals surface area (Å²) in [6.45, 7) is 6.90. The van der Waals surface area contributed by atoms with Crippen LogP contribution in [0.1, 0.15) is 26.3 Å². The zero-order chi connectivity index (χ0) is 19.9. The monoisotopic (exact) mass is 436 g/mol.